The molecule has 0 aliphatic heterocycles. The molecule has 0 saturated heterocycles. The van der Waals surface area contributed by atoms with E-state index in [1.807, 2.05) is 13.0 Å². The molecule has 0 radical (unpaired) electrons. The Morgan fingerprint density at radius 1 is 1.65 bits per heavy atom. The normalized spacial score (nSPS) is 9.41. The van der Waals surface area contributed by atoms with E-state index in [2.05, 4.69) is 15.6 Å². The van der Waals surface area contributed by atoms with Gasteiger partial charge in [0.2, 0.25) is 5.91 Å². The molecule has 6 heteroatoms. The monoisotopic (exact) mass is 233 g/mol. The van der Waals surface area contributed by atoms with Crippen molar-refractivity contribution in [1.29, 1.82) is 5.26 Å². The zero-order chi connectivity index (χ0) is 12.7. The van der Waals surface area contributed by atoms with Crippen LogP contribution < -0.4 is 16.4 Å². The third-order valence-corrected chi connectivity index (χ3v) is 2.06. The van der Waals surface area contributed by atoms with Crippen LogP contribution in [0, 0.1) is 11.3 Å². The van der Waals surface area contributed by atoms with Crippen LogP contribution in [0.5, 0.6) is 0 Å². The Kier molecular flexibility index (Phi) is 4.76. The largest absolute Gasteiger partial charge is 0.396 e. The van der Waals surface area contributed by atoms with Gasteiger partial charge in [-0.25, -0.2) is 4.98 Å². The molecule has 0 aromatic carbocycles. The lowest BCUT2D eigenvalue weighted by atomic mass is 10.2. The number of aromatic nitrogens is 1. The molecule has 0 bridgehead atoms. The predicted molar refractivity (Wildman–Crippen MR) is 65.2 cm³/mol. The first-order valence-electron chi connectivity index (χ1n) is 5.33. The number of hydrogen-bond acceptors (Lipinski definition) is 5. The molecule has 0 aliphatic carbocycles. The number of pyridine rings is 1. The highest BCUT2D eigenvalue weighted by molar-refractivity contribution is 5.76. The van der Waals surface area contributed by atoms with Crippen LogP contribution in [0.25, 0.3) is 0 Å². The highest BCUT2D eigenvalue weighted by Crippen LogP contribution is 2.15. The summed E-state index contributed by atoms with van der Waals surface area (Å²) in [7, 11) is 0. The summed E-state index contributed by atoms with van der Waals surface area (Å²) in [6, 6.07) is 3.49. The highest BCUT2D eigenvalue weighted by Gasteiger charge is 2.03. The van der Waals surface area contributed by atoms with Gasteiger partial charge in [0.05, 0.1) is 11.3 Å². The standard InChI is InChI=1S/C11H15N5O/c1-2-14-10(17)3-4-15-11-9(13)5-8(6-12)7-16-11/h5,7H,2-4,13H2,1H3,(H,14,17)(H,15,16). The van der Waals surface area contributed by atoms with Gasteiger partial charge in [0, 0.05) is 25.7 Å². The second kappa shape index (κ2) is 6.33. The molecule has 0 saturated carbocycles. The molecule has 0 aliphatic rings. The smallest absolute Gasteiger partial charge is 0.221 e. The lowest BCUT2D eigenvalue weighted by molar-refractivity contribution is -0.120. The van der Waals surface area contributed by atoms with Crippen molar-refractivity contribution in [1.82, 2.24) is 10.3 Å². The number of nitriles is 1. The zero-order valence-corrected chi connectivity index (χ0v) is 9.66. The van der Waals surface area contributed by atoms with E-state index in [1.165, 1.54) is 6.20 Å². The number of nitrogens with one attached hydrogen (secondary N) is 2. The number of carbonyl (C=O) groups excluding carboxylic acids is 1. The molecule has 0 atom stereocenters. The van der Waals surface area contributed by atoms with Gasteiger partial charge < -0.3 is 16.4 Å². The van der Waals surface area contributed by atoms with Gasteiger partial charge in [0.25, 0.3) is 0 Å². The molecule has 17 heavy (non-hydrogen) atoms. The van der Waals surface area contributed by atoms with Crippen LogP contribution in [-0.2, 0) is 4.79 Å². The number of rotatable bonds is 5. The fraction of sp³-hybridized carbons (Fsp3) is 0.364. The Labute approximate surface area is 99.8 Å². The van der Waals surface area contributed by atoms with Crippen molar-refractivity contribution in [3.05, 3.63) is 17.8 Å². The van der Waals surface area contributed by atoms with Crippen LogP contribution in [0.2, 0.25) is 0 Å². The summed E-state index contributed by atoms with van der Waals surface area (Å²) in [5, 5.41) is 14.3. The van der Waals surface area contributed by atoms with Gasteiger partial charge in [-0.2, -0.15) is 5.26 Å². The fourth-order valence-corrected chi connectivity index (χ4v) is 1.27. The molecule has 4 N–H and O–H groups in total. The minimum atomic E-state index is -0.0211. The maximum absolute atomic E-state index is 11.2. The third kappa shape index (κ3) is 3.99. The summed E-state index contributed by atoms with van der Waals surface area (Å²) in [6.45, 7) is 2.94. The van der Waals surface area contributed by atoms with E-state index in [4.69, 9.17) is 11.0 Å². The number of carbonyl (C=O) groups is 1. The summed E-state index contributed by atoms with van der Waals surface area (Å²) in [6.07, 6.45) is 1.79. The SMILES string of the molecule is CCNC(=O)CCNc1ncc(C#N)cc1N. The highest BCUT2D eigenvalue weighted by atomic mass is 16.1. The Morgan fingerprint density at radius 3 is 3.00 bits per heavy atom. The van der Waals surface area contributed by atoms with Crippen LogP contribution in [-0.4, -0.2) is 24.0 Å². The second-order valence-electron chi connectivity index (χ2n) is 3.40. The molecule has 1 aromatic heterocycles. The van der Waals surface area contributed by atoms with Gasteiger partial charge in [-0.05, 0) is 13.0 Å². The topological polar surface area (TPSA) is 104 Å². The Morgan fingerprint density at radius 2 is 2.41 bits per heavy atom. The van der Waals surface area contributed by atoms with E-state index in [1.54, 1.807) is 6.07 Å². The predicted octanol–water partition coefficient (Wildman–Crippen LogP) is 0.474. The summed E-state index contributed by atoms with van der Waals surface area (Å²) in [4.78, 5) is 15.2. The van der Waals surface area contributed by atoms with Crippen molar-refractivity contribution >= 4 is 17.4 Å². The van der Waals surface area contributed by atoms with Crippen molar-refractivity contribution in [2.45, 2.75) is 13.3 Å². The number of nitrogen functional groups attached to an aromatic ring is 1. The van der Waals surface area contributed by atoms with Crippen LogP contribution >= 0.6 is 0 Å². The van der Waals surface area contributed by atoms with Crippen molar-refractivity contribution in [2.75, 3.05) is 24.1 Å². The van der Waals surface area contributed by atoms with Crippen molar-refractivity contribution in [3.63, 3.8) is 0 Å². The van der Waals surface area contributed by atoms with Gasteiger partial charge in [-0.3, -0.25) is 4.79 Å². The molecule has 0 spiro atoms. The van der Waals surface area contributed by atoms with Crippen molar-refractivity contribution in [2.24, 2.45) is 0 Å². The first kappa shape index (κ1) is 12.8. The van der Waals surface area contributed by atoms with Gasteiger partial charge in [0.1, 0.15) is 11.9 Å². The molecular weight excluding hydrogens is 218 g/mol. The average molecular weight is 233 g/mol. The number of nitrogens with zero attached hydrogens (tertiary/aromatic N) is 2. The summed E-state index contributed by atoms with van der Waals surface area (Å²) in [5.41, 5.74) is 6.51. The quantitative estimate of drug-likeness (QED) is 0.686. The lowest BCUT2D eigenvalue weighted by Crippen LogP contribution is -2.25. The van der Waals surface area contributed by atoms with E-state index < -0.39 is 0 Å². The van der Waals surface area contributed by atoms with Crippen molar-refractivity contribution < 1.29 is 4.79 Å². The Balaban J connectivity index is 2.47. The van der Waals surface area contributed by atoms with E-state index >= 15 is 0 Å². The second-order valence-corrected chi connectivity index (χ2v) is 3.40. The Bertz CT molecular complexity index is 438. The van der Waals surface area contributed by atoms with Crippen molar-refractivity contribution in [3.8, 4) is 6.07 Å². The molecule has 1 aromatic rings. The minimum absolute atomic E-state index is 0.0211. The molecule has 1 heterocycles. The molecule has 1 amide bonds. The van der Waals surface area contributed by atoms with E-state index in [0.29, 0.717) is 36.6 Å². The molecule has 6 nitrogen and oxygen atoms in total. The summed E-state index contributed by atoms with van der Waals surface area (Å²) >= 11 is 0. The Hall–Kier alpha value is -2.29. The van der Waals surface area contributed by atoms with Gasteiger partial charge in [0.15, 0.2) is 0 Å². The summed E-state index contributed by atoms with van der Waals surface area (Å²) < 4.78 is 0. The lowest BCUT2D eigenvalue weighted by Gasteiger charge is -2.08. The number of anilines is 2. The maximum Gasteiger partial charge on any atom is 0.221 e. The van der Waals surface area contributed by atoms with Gasteiger partial charge in [-0.15, -0.1) is 0 Å². The van der Waals surface area contributed by atoms with Crippen LogP contribution in [0.15, 0.2) is 12.3 Å². The molecule has 0 fully saturated rings. The average Bonchev–Trinajstić information content (AvgIpc) is 2.31. The number of amides is 1. The first-order chi connectivity index (χ1) is 8.17. The molecule has 1 rings (SSSR count). The van der Waals surface area contributed by atoms with Crippen LogP contribution in [0.1, 0.15) is 18.9 Å². The fourth-order valence-electron chi connectivity index (χ4n) is 1.27. The maximum atomic E-state index is 11.2. The van der Waals surface area contributed by atoms with Crippen LogP contribution in [0.3, 0.4) is 0 Å². The van der Waals surface area contributed by atoms with E-state index in [-0.39, 0.29) is 5.91 Å². The molecule has 0 unspecified atom stereocenters. The molecular formula is C11H15N5O. The number of hydrogen-bond donors (Lipinski definition) is 3. The molecule has 90 valence electrons. The van der Waals surface area contributed by atoms with Gasteiger partial charge >= 0.3 is 0 Å². The summed E-state index contributed by atoms with van der Waals surface area (Å²) in [5.74, 6) is 0.473. The van der Waals surface area contributed by atoms with Gasteiger partial charge in [-0.1, -0.05) is 0 Å². The van der Waals surface area contributed by atoms with E-state index in [0.717, 1.165) is 0 Å². The van der Waals surface area contributed by atoms with E-state index in [9.17, 15) is 4.79 Å². The zero-order valence-electron chi connectivity index (χ0n) is 9.66. The third-order valence-electron chi connectivity index (χ3n) is 2.06. The number of nitrogens with two attached hydrogens (primary N) is 1. The first-order valence-corrected chi connectivity index (χ1v) is 5.33. The van der Waals surface area contributed by atoms with Crippen LogP contribution in [0.4, 0.5) is 11.5 Å². The minimum Gasteiger partial charge on any atom is -0.396 e.